The first-order valence-corrected chi connectivity index (χ1v) is 11.0. The predicted octanol–water partition coefficient (Wildman–Crippen LogP) is 2.75. The predicted molar refractivity (Wildman–Crippen MR) is 118 cm³/mol. The molecule has 0 bridgehead atoms. The number of carboxylic acid groups (broad SMARTS) is 1. The van der Waals surface area contributed by atoms with Crippen molar-refractivity contribution >= 4 is 34.2 Å². The minimum Gasteiger partial charge on any atom is -0.477 e. The molecule has 30 heavy (non-hydrogen) atoms. The quantitative estimate of drug-likeness (QED) is 0.681. The summed E-state index contributed by atoms with van der Waals surface area (Å²) in [5, 5.41) is 19.4. The van der Waals surface area contributed by atoms with E-state index in [2.05, 4.69) is 16.7 Å². The minimum atomic E-state index is -1.21. The minimum absolute atomic E-state index is 0.121. The Bertz CT molecular complexity index is 1030. The third-order valence-corrected chi connectivity index (χ3v) is 6.72. The van der Waals surface area contributed by atoms with E-state index < -0.39 is 11.4 Å². The molecule has 0 spiro atoms. The molecule has 8 heteroatoms. The Balaban J connectivity index is 1.73. The highest BCUT2D eigenvalue weighted by Crippen LogP contribution is 2.41. The maximum Gasteiger partial charge on any atom is 0.341 e. The maximum absolute atomic E-state index is 12.8. The number of benzene rings is 1. The number of aromatic carboxylic acids is 1. The molecule has 2 N–H and O–H groups in total. The SMILES string of the molecule is CC1CCc2c(N3CCN(CCCCO)CC3)c(Cl)cc3c(=O)c(C(=O)O)cn1c23. The Morgan fingerprint density at radius 2 is 1.97 bits per heavy atom. The van der Waals surface area contributed by atoms with E-state index in [4.69, 9.17) is 16.7 Å². The van der Waals surface area contributed by atoms with Gasteiger partial charge in [0.1, 0.15) is 5.56 Å². The molecule has 1 aromatic carbocycles. The zero-order valence-electron chi connectivity index (χ0n) is 17.2. The fourth-order valence-electron chi connectivity index (χ4n) is 4.77. The van der Waals surface area contributed by atoms with Gasteiger partial charge in [-0.15, -0.1) is 0 Å². The summed E-state index contributed by atoms with van der Waals surface area (Å²) in [5.41, 5.74) is 2.20. The molecule has 1 fully saturated rings. The molecular formula is C22H28ClN3O4. The van der Waals surface area contributed by atoms with Gasteiger partial charge in [-0.1, -0.05) is 11.6 Å². The number of carbonyl (C=O) groups is 1. The molecule has 1 atom stereocenters. The number of unbranched alkanes of at least 4 members (excludes halogenated alkanes) is 1. The number of hydrogen-bond donors (Lipinski definition) is 2. The third kappa shape index (κ3) is 3.70. The lowest BCUT2D eigenvalue weighted by atomic mass is 9.93. The fourth-order valence-corrected chi connectivity index (χ4v) is 5.11. The van der Waals surface area contributed by atoms with Gasteiger partial charge in [0.15, 0.2) is 0 Å². The number of hydrogen-bond acceptors (Lipinski definition) is 5. The van der Waals surface area contributed by atoms with Crippen LogP contribution in [-0.2, 0) is 6.42 Å². The number of nitrogens with zero attached hydrogens (tertiary/aromatic N) is 3. The summed E-state index contributed by atoms with van der Waals surface area (Å²) in [4.78, 5) is 29.1. The van der Waals surface area contributed by atoms with Gasteiger partial charge in [-0.3, -0.25) is 9.69 Å². The van der Waals surface area contributed by atoms with Crippen molar-refractivity contribution in [1.29, 1.82) is 0 Å². The van der Waals surface area contributed by atoms with Crippen LogP contribution in [0.2, 0.25) is 5.02 Å². The Hall–Kier alpha value is -2.09. The van der Waals surface area contributed by atoms with Crippen LogP contribution in [0.15, 0.2) is 17.1 Å². The number of halogens is 1. The van der Waals surface area contributed by atoms with E-state index in [0.717, 1.165) is 75.2 Å². The average Bonchev–Trinajstić information content (AvgIpc) is 2.72. The first-order valence-electron chi connectivity index (χ1n) is 10.6. The summed E-state index contributed by atoms with van der Waals surface area (Å²) in [5.74, 6) is -1.21. The van der Waals surface area contributed by atoms with E-state index in [1.807, 2.05) is 4.57 Å². The first-order chi connectivity index (χ1) is 14.4. The number of piperazine rings is 1. The van der Waals surface area contributed by atoms with Gasteiger partial charge in [0.05, 0.1) is 16.2 Å². The second kappa shape index (κ2) is 8.57. The van der Waals surface area contributed by atoms with Crippen LogP contribution in [0.25, 0.3) is 10.9 Å². The van der Waals surface area contributed by atoms with E-state index in [1.165, 1.54) is 6.20 Å². The number of aryl methyl sites for hydroxylation is 1. The van der Waals surface area contributed by atoms with Gasteiger partial charge in [0.25, 0.3) is 0 Å². The first kappa shape index (κ1) is 21.2. The van der Waals surface area contributed by atoms with Gasteiger partial charge < -0.3 is 19.7 Å². The zero-order chi connectivity index (χ0) is 21.4. The van der Waals surface area contributed by atoms with Crippen molar-refractivity contribution in [2.24, 2.45) is 0 Å². The second-order valence-corrected chi connectivity index (χ2v) is 8.72. The molecule has 1 unspecified atom stereocenters. The molecule has 2 aromatic rings. The third-order valence-electron chi connectivity index (χ3n) is 6.43. The van der Waals surface area contributed by atoms with E-state index in [1.54, 1.807) is 6.07 Å². The second-order valence-electron chi connectivity index (χ2n) is 8.31. The summed E-state index contributed by atoms with van der Waals surface area (Å²) in [6, 6.07) is 1.78. The van der Waals surface area contributed by atoms with Gasteiger partial charge in [0, 0.05) is 56.0 Å². The highest BCUT2D eigenvalue weighted by atomic mass is 35.5. The van der Waals surface area contributed by atoms with E-state index >= 15 is 0 Å². The van der Waals surface area contributed by atoms with Crippen LogP contribution in [0.3, 0.4) is 0 Å². The molecule has 1 aromatic heterocycles. The molecule has 162 valence electrons. The molecule has 0 amide bonds. The summed E-state index contributed by atoms with van der Waals surface area (Å²) >= 11 is 6.70. The van der Waals surface area contributed by atoms with Crippen molar-refractivity contribution in [3.05, 3.63) is 38.6 Å². The number of carboxylic acids is 1. The maximum atomic E-state index is 12.8. The van der Waals surface area contributed by atoms with Crippen molar-refractivity contribution in [3.63, 3.8) is 0 Å². The van der Waals surface area contributed by atoms with Crippen LogP contribution in [0.4, 0.5) is 5.69 Å². The normalized spacial score (nSPS) is 19.4. The highest BCUT2D eigenvalue weighted by Gasteiger charge is 2.29. The van der Waals surface area contributed by atoms with Crippen LogP contribution in [0.5, 0.6) is 0 Å². The topological polar surface area (TPSA) is 86.0 Å². The molecule has 3 heterocycles. The molecule has 0 saturated carbocycles. The van der Waals surface area contributed by atoms with Gasteiger partial charge in [-0.05, 0) is 45.2 Å². The van der Waals surface area contributed by atoms with Crippen molar-refractivity contribution < 1.29 is 15.0 Å². The molecule has 4 rings (SSSR count). The summed E-state index contributed by atoms with van der Waals surface area (Å²) in [6.45, 7) is 6.84. The van der Waals surface area contributed by atoms with Crippen LogP contribution in [0.1, 0.15) is 48.1 Å². The van der Waals surface area contributed by atoms with Crippen molar-refractivity contribution in [2.75, 3.05) is 44.2 Å². The molecule has 0 aliphatic carbocycles. The van der Waals surface area contributed by atoms with E-state index in [9.17, 15) is 14.7 Å². The molecule has 2 aliphatic rings. The van der Waals surface area contributed by atoms with Crippen LogP contribution in [0, 0.1) is 0 Å². The van der Waals surface area contributed by atoms with Crippen molar-refractivity contribution in [3.8, 4) is 0 Å². The number of aliphatic hydroxyl groups is 1. The summed E-state index contributed by atoms with van der Waals surface area (Å²) in [6.07, 6.45) is 5.01. The molecule has 2 aliphatic heterocycles. The van der Waals surface area contributed by atoms with Crippen LogP contribution in [-0.4, -0.2) is 65.0 Å². The van der Waals surface area contributed by atoms with Crippen LogP contribution < -0.4 is 10.3 Å². The standard InChI is InChI=1S/C22H28ClN3O4/c1-14-4-5-15-19-16(21(28)17(22(29)30)13-26(14)19)12-18(23)20(15)25-9-7-24(8-10-25)6-2-3-11-27/h12-14,27H,2-11H2,1H3,(H,29,30). The number of aromatic nitrogens is 1. The smallest absolute Gasteiger partial charge is 0.341 e. The lowest BCUT2D eigenvalue weighted by Gasteiger charge is -2.39. The molecular weight excluding hydrogens is 406 g/mol. The van der Waals surface area contributed by atoms with Gasteiger partial charge in [-0.25, -0.2) is 4.79 Å². The molecule has 1 saturated heterocycles. The number of aliphatic hydroxyl groups excluding tert-OH is 1. The number of rotatable bonds is 6. The van der Waals surface area contributed by atoms with Gasteiger partial charge >= 0.3 is 5.97 Å². The number of anilines is 1. The Morgan fingerprint density at radius 1 is 1.23 bits per heavy atom. The van der Waals surface area contributed by atoms with Gasteiger partial charge in [0.2, 0.25) is 5.43 Å². The Labute approximate surface area is 180 Å². The van der Waals surface area contributed by atoms with Crippen molar-refractivity contribution in [1.82, 2.24) is 9.47 Å². The zero-order valence-corrected chi connectivity index (χ0v) is 18.0. The summed E-state index contributed by atoms with van der Waals surface area (Å²) in [7, 11) is 0. The average molecular weight is 434 g/mol. The largest absolute Gasteiger partial charge is 0.477 e. The van der Waals surface area contributed by atoms with Crippen molar-refractivity contribution in [2.45, 2.75) is 38.6 Å². The highest BCUT2D eigenvalue weighted by molar-refractivity contribution is 6.34. The Kier molecular flexibility index (Phi) is 6.04. The number of pyridine rings is 1. The molecule has 0 radical (unpaired) electrons. The monoisotopic (exact) mass is 433 g/mol. The summed E-state index contributed by atoms with van der Waals surface area (Å²) < 4.78 is 1.95. The Morgan fingerprint density at radius 3 is 2.63 bits per heavy atom. The fraction of sp³-hybridized carbons (Fsp3) is 0.545. The lowest BCUT2D eigenvalue weighted by molar-refractivity contribution is 0.0694. The van der Waals surface area contributed by atoms with Crippen LogP contribution >= 0.6 is 11.6 Å². The lowest BCUT2D eigenvalue weighted by Crippen LogP contribution is -2.47. The van der Waals surface area contributed by atoms with E-state index in [-0.39, 0.29) is 18.2 Å². The van der Waals surface area contributed by atoms with Gasteiger partial charge in [-0.2, -0.15) is 0 Å². The van der Waals surface area contributed by atoms with E-state index in [0.29, 0.717) is 10.4 Å². The molecule has 7 nitrogen and oxygen atoms in total.